The average molecular weight is 257 g/mol. The van der Waals surface area contributed by atoms with Crippen molar-refractivity contribution in [1.29, 1.82) is 0 Å². The van der Waals surface area contributed by atoms with Gasteiger partial charge in [-0.05, 0) is 37.4 Å². The molecule has 0 radical (unpaired) electrons. The van der Waals surface area contributed by atoms with E-state index in [1.54, 1.807) is 0 Å². The van der Waals surface area contributed by atoms with Gasteiger partial charge in [0.25, 0.3) is 5.89 Å². The summed E-state index contributed by atoms with van der Waals surface area (Å²) in [6.07, 6.45) is 3.29. The van der Waals surface area contributed by atoms with Gasteiger partial charge >= 0.3 is 0 Å². The average Bonchev–Trinajstić information content (AvgIpc) is 2.98. The minimum absolute atomic E-state index is 0.389. The first kappa shape index (κ1) is 12.4. The highest BCUT2D eigenvalue weighted by Gasteiger charge is 2.21. The Bertz CT molecular complexity index is 544. The molecule has 100 valence electrons. The molecular formula is C15H19N3O. The lowest BCUT2D eigenvalue weighted by atomic mass is 9.99. The first-order valence-corrected chi connectivity index (χ1v) is 7.01. The number of hydrogen-bond donors (Lipinski definition) is 1. The standard InChI is InChI=1S/C15H19N3O/c1-2-11-6-3-4-8-13(11)15-17-14(18-19-15)12-7-5-9-16-10-12/h3-4,6,8,12,16H,2,5,7,9-10H2,1H3. The van der Waals surface area contributed by atoms with E-state index >= 15 is 0 Å². The summed E-state index contributed by atoms with van der Waals surface area (Å²) >= 11 is 0. The normalized spacial score (nSPS) is 19.5. The van der Waals surface area contributed by atoms with E-state index in [9.17, 15) is 0 Å². The molecule has 2 aromatic rings. The van der Waals surface area contributed by atoms with Gasteiger partial charge in [-0.25, -0.2) is 0 Å². The van der Waals surface area contributed by atoms with Crippen molar-refractivity contribution in [2.24, 2.45) is 0 Å². The Hall–Kier alpha value is -1.68. The van der Waals surface area contributed by atoms with Crippen molar-refractivity contribution in [3.63, 3.8) is 0 Å². The molecule has 0 amide bonds. The molecule has 1 aliphatic heterocycles. The number of benzene rings is 1. The molecule has 19 heavy (non-hydrogen) atoms. The van der Waals surface area contributed by atoms with Crippen molar-refractivity contribution in [3.05, 3.63) is 35.7 Å². The molecule has 0 saturated carbocycles. The molecule has 4 nitrogen and oxygen atoms in total. The van der Waals surface area contributed by atoms with Crippen LogP contribution >= 0.6 is 0 Å². The van der Waals surface area contributed by atoms with E-state index in [2.05, 4.69) is 34.5 Å². The lowest BCUT2D eigenvalue weighted by Gasteiger charge is -2.19. The molecule has 2 heterocycles. The second kappa shape index (κ2) is 5.53. The van der Waals surface area contributed by atoms with E-state index < -0.39 is 0 Å². The number of nitrogens with one attached hydrogen (secondary N) is 1. The Morgan fingerprint density at radius 2 is 2.26 bits per heavy atom. The summed E-state index contributed by atoms with van der Waals surface area (Å²) in [6, 6.07) is 8.22. The van der Waals surface area contributed by atoms with Crippen LogP contribution in [-0.2, 0) is 6.42 Å². The largest absolute Gasteiger partial charge is 0.334 e. The van der Waals surface area contributed by atoms with Crippen LogP contribution < -0.4 is 5.32 Å². The molecule has 1 atom stereocenters. The van der Waals surface area contributed by atoms with Crippen LogP contribution in [0.4, 0.5) is 0 Å². The summed E-state index contributed by atoms with van der Waals surface area (Å²) in [5.74, 6) is 1.88. The fourth-order valence-corrected chi connectivity index (χ4v) is 2.62. The number of aromatic nitrogens is 2. The van der Waals surface area contributed by atoms with E-state index in [4.69, 9.17) is 4.52 Å². The number of aryl methyl sites for hydroxylation is 1. The molecule has 0 bridgehead atoms. The van der Waals surface area contributed by atoms with E-state index in [1.165, 1.54) is 12.0 Å². The van der Waals surface area contributed by atoms with Gasteiger partial charge in [-0.1, -0.05) is 30.3 Å². The predicted molar refractivity (Wildman–Crippen MR) is 74.0 cm³/mol. The van der Waals surface area contributed by atoms with Crippen LogP contribution in [0.25, 0.3) is 11.5 Å². The molecular weight excluding hydrogens is 238 g/mol. The quantitative estimate of drug-likeness (QED) is 0.918. The highest BCUT2D eigenvalue weighted by molar-refractivity contribution is 5.58. The number of rotatable bonds is 3. The van der Waals surface area contributed by atoms with Gasteiger partial charge in [0, 0.05) is 18.0 Å². The third-order valence-electron chi connectivity index (χ3n) is 3.73. The summed E-state index contributed by atoms with van der Waals surface area (Å²) < 4.78 is 5.46. The van der Waals surface area contributed by atoms with Crippen molar-refractivity contribution < 1.29 is 4.52 Å². The molecule has 3 rings (SSSR count). The summed E-state index contributed by atoms with van der Waals surface area (Å²) in [5, 5.41) is 7.55. The van der Waals surface area contributed by atoms with Crippen molar-refractivity contribution >= 4 is 0 Å². The summed E-state index contributed by atoms with van der Waals surface area (Å²) in [4.78, 5) is 4.60. The summed E-state index contributed by atoms with van der Waals surface area (Å²) in [6.45, 7) is 4.19. The van der Waals surface area contributed by atoms with Crippen molar-refractivity contribution in [2.75, 3.05) is 13.1 Å². The maximum Gasteiger partial charge on any atom is 0.258 e. The van der Waals surface area contributed by atoms with Gasteiger partial charge in [0.15, 0.2) is 5.82 Å². The fourth-order valence-electron chi connectivity index (χ4n) is 2.62. The fraction of sp³-hybridized carbons (Fsp3) is 0.467. The van der Waals surface area contributed by atoms with Gasteiger partial charge in [-0.2, -0.15) is 4.98 Å². The molecule has 0 spiro atoms. The molecule has 1 aromatic heterocycles. The number of hydrogen-bond acceptors (Lipinski definition) is 4. The highest BCUT2D eigenvalue weighted by atomic mass is 16.5. The molecule has 1 aromatic carbocycles. The molecule has 4 heteroatoms. The summed E-state index contributed by atoms with van der Waals surface area (Å²) in [5.41, 5.74) is 2.31. The Labute approximate surface area is 113 Å². The summed E-state index contributed by atoms with van der Waals surface area (Å²) in [7, 11) is 0. The van der Waals surface area contributed by atoms with Crippen LogP contribution in [0, 0.1) is 0 Å². The van der Waals surface area contributed by atoms with Gasteiger partial charge in [-0.3, -0.25) is 0 Å². The van der Waals surface area contributed by atoms with Crippen molar-refractivity contribution in [1.82, 2.24) is 15.5 Å². The third kappa shape index (κ3) is 2.54. The van der Waals surface area contributed by atoms with Gasteiger partial charge in [-0.15, -0.1) is 0 Å². The van der Waals surface area contributed by atoms with Crippen LogP contribution in [0.15, 0.2) is 28.8 Å². The SMILES string of the molecule is CCc1ccccc1-c1nc(C2CCCNC2)no1. The van der Waals surface area contributed by atoms with Gasteiger partial charge in [0.1, 0.15) is 0 Å². The maximum atomic E-state index is 5.46. The molecule has 1 N–H and O–H groups in total. The zero-order valence-electron chi connectivity index (χ0n) is 11.2. The van der Waals surface area contributed by atoms with Crippen LogP contribution in [0.2, 0.25) is 0 Å². The van der Waals surface area contributed by atoms with Crippen LogP contribution in [0.3, 0.4) is 0 Å². The number of piperidine rings is 1. The molecule has 1 aliphatic rings. The lowest BCUT2D eigenvalue weighted by molar-refractivity contribution is 0.393. The zero-order chi connectivity index (χ0) is 13.1. The van der Waals surface area contributed by atoms with Crippen LogP contribution in [-0.4, -0.2) is 23.2 Å². The Kier molecular flexibility index (Phi) is 3.60. The van der Waals surface area contributed by atoms with E-state index in [0.29, 0.717) is 11.8 Å². The van der Waals surface area contributed by atoms with Crippen molar-refractivity contribution in [3.8, 4) is 11.5 Å². The van der Waals surface area contributed by atoms with Gasteiger partial charge < -0.3 is 9.84 Å². The van der Waals surface area contributed by atoms with E-state index in [-0.39, 0.29) is 0 Å². The minimum Gasteiger partial charge on any atom is -0.334 e. The van der Waals surface area contributed by atoms with Gasteiger partial charge in [0.05, 0.1) is 0 Å². The topological polar surface area (TPSA) is 51.0 Å². The molecule has 1 saturated heterocycles. The smallest absolute Gasteiger partial charge is 0.258 e. The maximum absolute atomic E-state index is 5.46. The third-order valence-corrected chi connectivity index (χ3v) is 3.73. The minimum atomic E-state index is 0.389. The molecule has 1 unspecified atom stereocenters. The first-order valence-electron chi connectivity index (χ1n) is 7.01. The second-order valence-corrected chi connectivity index (χ2v) is 5.01. The van der Waals surface area contributed by atoms with Crippen molar-refractivity contribution in [2.45, 2.75) is 32.1 Å². The van der Waals surface area contributed by atoms with E-state index in [1.807, 2.05) is 12.1 Å². The molecule has 0 aliphatic carbocycles. The predicted octanol–water partition coefficient (Wildman–Crippen LogP) is 2.77. The highest BCUT2D eigenvalue weighted by Crippen LogP contribution is 2.26. The second-order valence-electron chi connectivity index (χ2n) is 5.01. The number of nitrogens with zero attached hydrogens (tertiary/aromatic N) is 2. The van der Waals surface area contributed by atoms with Crippen LogP contribution in [0.5, 0.6) is 0 Å². The van der Waals surface area contributed by atoms with Gasteiger partial charge in [0.2, 0.25) is 0 Å². The lowest BCUT2D eigenvalue weighted by Crippen LogP contribution is -2.28. The Balaban J connectivity index is 1.88. The van der Waals surface area contributed by atoms with E-state index in [0.717, 1.165) is 37.3 Å². The first-order chi connectivity index (χ1) is 9.38. The van der Waals surface area contributed by atoms with Crippen LogP contribution in [0.1, 0.15) is 37.1 Å². The Morgan fingerprint density at radius 3 is 3.05 bits per heavy atom. The zero-order valence-corrected chi connectivity index (χ0v) is 11.2. The molecule has 1 fully saturated rings. The monoisotopic (exact) mass is 257 g/mol. The Morgan fingerprint density at radius 1 is 1.37 bits per heavy atom.